The number of rotatable bonds is 4. The number of pyridine rings is 1. The van der Waals surface area contributed by atoms with Gasteiger partial charge in [-0.2, -0.15) is 0 Å². The largest absolute Gasteiger partial charge is 0.480 e. The molecule has 7 nitrogen and oxygen atoms in total. The Kier molecular flexibility index (Phi) is 3.78. The summed E-state index contributed by atoms with van der Waals surface area (Å²) in [6.07, 6.45) is 1.35. The number of aliphatic hydroxyl groups excluding tert-OH is 1. The van der Waals surface area contributed by atoms with E-state index in [1.165, 1.54) is 18.3 Å². The zero-order valence-corrected chi connectivity index (χ0v) is 8.14. The number of aromatic amines is 1. The van der Waals surface area contributed by atoms with Crippen molar-refractivity contribution >= 4 is 11.9 Å². The Morgan fingerprint density at radius 2 is 2.19 bits per heavy atom. The van der Waals surface area contributed by atoms with E-state index in [0.29, 0.717) is 0 Å². The number of carboxylic acid groups (broad SMARTS) is 1. The molecule has 1 aromatic rings. The summed E-state index contributed by atoms with van der Waals surface area (Å²) >= 11 is 0. The standard InChI is InChI=1S/C9H10N2O5/c12-4-6(9(15)16)11-8(14)5-2-1-3-10-7(5)13/h1-3,6,12H,4H2,(H,10,13)(H,11,14)(H,15,16)/t6-/m0/s1. The van der Waals surface area contributed by atoms with E-state index in [9.17, 15) is 14.4 Å². The molecule has 0 saturated carbocycles. The predicted molar refractivity (Wildman–Crippen MR) is 53.0 cm³/mol. The van der Waals surface area contributed by atoms with Crippen molar-refractivity contribution in [2.75, 3.05) is 6.61 Å². The lowest BCUT2D eigenvalue weighted by Crippen LogP contribution is -2.44. The van der Waals surface area contributed by atoms with Crippen LogP contribution in [0, 0.1) is 0 Å². The molecule has 0 spiro atoms. The van der Waals surface area contributed by atoms with Gasteiger partial charge in [0.2, 0.25) is 0 Å². The number of nitrogens with one attached hydrogen (secondary N) is 2. The number of aliphatic carboxylic acids is 1. The van der Waals surface area contributed by atoms with Gasteiger partial charge in [0, 0.05) is 6.20 Å². The average Bonchev–Trinajstić information content (AvgIpc) is 2.25. The second-order valence-corrected chi connectivity index (χ2v) is 2.96. The maximum absolute atomic E-state index is 11.4. The van der Waals surface area contributed by atoms with Gasteiger partial charge in [-0.3, -0.25) is 9.59 Å². The number of hydrogen-bond acceptors (Lipinski definition) is 4. The third-order valence-corrected chi connectivity index (χ3v) is 1.85. The van der Waals surface area contributed by atoms with Gasteiger partial charge < -0.3 is 20.5 Å². The van der Waals surface area contributed by atoms with E-state index in [4.69, 9.17) is 10.2 Å². The molecular weight excluding hydrogens is 216 g/mol. The number of carbonyl (C=O) groups is 2. The number of carbonyl (C=O) groups excluding carboxylic acids is 1. The minimum Gasteiger partial charge on any atom is -0.480 e. The van der Waals surface area contributed by atoms with Gasteiger partial charge in [-0.15, -0.1) is 0 Å². The highest BCUT2D eigenvalue weighted by atomic mass is 16.4. The smallest absolute Gasteiger partial charge is 0.328 e. The minimum atomic E-state index is -1.42. The highest BCUT2D eigenvalue weighted by molar-refractivity contribution is 5.96. The molecule has 0 aliphatic rings. The van der Waals surface area contributed by atoms with Gasteiger partial charge in [-0.1, -0.05) is 0 Å². The van der Waals surface area contributed by atoms with Crippen LogP contribution in [0.1, 0.15) is 10.4 Å². The zero-order valence-electron chi connectivity index (χ0n) is 8.14. The van der Waals surface area contributed by atoms with Gasteiger partial charge in [0.1, 0.15) is 5.56 Å². The fourth-order valence-corrected chi connectivity index (χ4v) is 1.02. The molecule has 0 aliphatic carbocycles. The fraction of sp³-hybridized carbons (Fsp3) is 0.222. The van der Waals surface area contributed by atoms with Gasteiger partial charge in [-0.05, 0) is 12.1 Å². The molecule has 0 radical (unpaired) electrons. The molecule has 7 heteroatoms. The lowest BCUT2D eigenvalue weighted by molar-refractivity contribution is -0.140. The Balaban J connectivity index is 2.84. The van der Waals surface area contributed by atoms with Gasteiger partial charge in [0.05, 0.1) is 6.61 Å². The molecule has 0 aromatic carbocycles. The van der Waals surface area contributed by atoms with E-state index in [0.717, 1.165) is 0 Å². The molecule has 1 heterocycles. The van der Waals surface area contributed by atoms with Crippen LogP contribution in [-0.2, 0) is 4.79 Å². The lowest BCUT2D eigenvalue weighted by Gasteiger charge is -2.10. The van der Waals surface area contributed by atoms with Crippen molar-refractivity contribution in [1.82, 2.24) is 10.3 Å². The number of hydrogen-bond donors (Lipinski definition) is 4. The summed E-state index contributed by atoms with van der Waals surface area (Å²) in [6, 6.07) is 1.27. The van der Waals surface area contributed by atoms with Gasteiger partial charge >= 0.3 is 5.97 Å². The summed E-state index contributed by atoms with van der Waals surface area (Å²) in [7, 11) is 0. The second kappa shape index (κ2) is 5.08. The van der Waals surface area contributed by atoms with E-state index in [1.54, 1.807) is 0 Å². The normalized spacial score (nSPS) is 11.8. The first-order valence-corrected chi connectivity index (χ1v) is 4.38. The Labute approximate surface area is 89.7 Å². The van der Waals surface area contributed by atoms with Crippen molar-refractivity contribution in [2.24, 2.45) is 0 Å². The summed E-state index contributed by atoms with van der Waals surface area (Å²) in [6.45, 7) is -0.744. The zero-order chi connectivity index (χ0) is 12.1. The molecule has 0 unspecified atom stereocenters. The van der Waals surface area contributed by atoms with Crippen LogP contribution < -0.4 is 10.9 Å². The topological polar surface area (TPSA) is 119 Å². The highest BCUT2D eigenvalue weighted by Crippen LogP contribution is 1.91. The molecule has 1 aromatic heterocycles. The van der Waals surface area contributed by atoms with E-state index in [1.807, 2.05) is 5.32 Å². The number of H-pyrrole nitrogens is 1. The summed E-state index contributed by atoms with van der Waals surface area (Å²) in [5, 5.41) is 19.3. The van der Waals surface area contributed by atoms with E-state index < -0.39 is 30.1 Å². The first kappa shape index (κ1) is 11.9. The Morgan fingerprint density at radius 3 is 2.69 bits per heavy atom. The molecule has 0 fully saturated rings. The molecule has 86 valence electrons. The third-order valence-electron chi connectivity index (χ3n) is 1.85. The van der Waals surface area contributed by atoms with Crippen LogP contribution >= 0.6 is 0 Å². The predicted octanol–water partition coefficient (Wildman–Crippen LogP) is -1.45. The van der Waals surface area contributed by atoms with Crippen LogP contribution in [0.4, 0.5) is 0 Å². The van der Waals surface area contributed by atoms with Crippen molar-refractivity contribution in [3.05, 3.63) is 34.2 Å². The van der Waals surface area contributed by atoms with Gasteiger partial charge in [0.15, 0.2) is 6.04 Å². The Morgan fingerprint density at radius 1 is 1.50 bits per heavy atom. The first-order valence-electron chi connectivity index (χ1n) is 4.38. The molecule has 16 heavy (non-hydrogen) atoms. The summed E-state index contributed by atoms with van der Waals surface area (Å²) in [5.41, 5.74) is -0.829. The van der Waals surface area contributed by atoms with Crippen molar-refractivity contribution in [1.29, 1.82) is 0 Å². The second-order valence-electron chi connectivity index (χ2n) is 2.96. The van der Waals surface area contributed by atoms with Crippen molar-refractivity contribution < 1.29 is 19.8 Å². The molecular formula is C9H10N2O5. The van der Waals surface area contributed by atoms with Crippen LogP contribution in [0.15, 0.2) is 23.1 Å². The third kappa shape index (κ3) is 2.67. The molecule has 1 amide bonds. The van der Waals surface area contributed by atoms with Gasteiger partial charge in [-0.25, -0.2) is 4.79 Å². The van der Waals surface area contributed by atoms with Crippen molar-refractivity contribution in [3.8, 4) is 0 Å². The van der Waals surface area contributed by atoms with Crippen molar-refractivity contribution in [3.63, 3.8) is 0 Å². The van der Waals surface area contributed by atoms with Crippen LogP contribution in [0.25, 0.3) is 0 Å². The highest BCUT2D eigenvalue weighted by Gasteiger charge is 2.20. The molecule has 1 atom stereocenters. The SMILES string of the molecule is O=C(N[C@@H](CO)C(=O)O)c1ccc[nH]c1=O. The number of aromatic nitrogens is 1. The summed E-state index contributed by atoms with van der Waals surface area (Å²) < 4.78 is 0. The molecule has 1 rings (SSSR count). The number of carboxylic acids is 1. The van der Waals surface area contributed by atoms with Crippen LogP contribution in [0.2, 0.25) is 0 Å². The molecule has 0 bridgehead atoms. The minimum absolute atomic E-state index is 0.206. The van der Waals surface area contributed by atoms with Gasteiger partial charge in [0.25, 0.3) is 11.5 Å². The van der Waals surface area contributed by atoms with Crippen molar-refractivity contribution in [2.45, 2.75) is 6.04 Å². The maximum atomic E-state index is 11.4. The first-order chi connectivity index (χ1) is 7.56. The molecule has 0 aliphatic heterocycles. The monoisotopic (exact) mass is 226 g/mol. The van der Waals surface area contributed by atoms with Crippen LogP contribution in [-0.4, -0.2) is 39.7 Å². The molecule has 0 saturated heterocycles. The fourth-order valence-electron chi connectivity index (χ4n) is 1.02. The summed E-state index contributed by atoms with van der Waals surface area (Å²) in [5.74, 6) is -2.22. The lowest BCUT2D eigenvalue weighted by atomic mass is 10.2. The number of amides is 1. The Hall–Kier alpha value is -2.15. The number of aliphatic hydroxyl groups is 1. The summed E-state index contributed by atoms with van der Waals surface area (Å²) in [4.78, 5) is 35.4. The average molecular weight is 226 g/mol. The van der Waals surface area contributed by atoms with Crippen LogP contribution in [0.5, 0.6) is 0 Å². The van der Waals surface area contributed by atoms with E-state index >= 15 is 0 Å². The maximum Gasteiger partial charge on any atom is 0.328 e. The molecule has 4 N–H and O–H groups in total. The quantitative estimate of drug-likeness (QED) is 0.500. The van der Waals surface area contributed by atoms with E-state index in [2.05, 4.69) is 4.98 Å². The van der Waals surface area contributed by atoms with Crippen LogP contribution in [0.3, 0.4) is 0 Å². The van der Waals surface area contributed by atoms with E-state index in [-0.39, 0.29) is 5.56 Å². The Bertz CT molecular complexity index is 453.